The highest BCUT2D eigenvalue weighted by Crippen LogP contribution is 2.40. The van der Waals surface area contributed by atoms with Crippen molar-refractivity contribution in [3.63, 3.8) is 0 Å². The number of nitrogens with one attached hydrogen (secondary N) is 3. The molecule has 0 aliphatic carbocycles. The second-order valence-electron chi connectivity index (χ2n) is 10.5. The van der Waals surface area contributed by atoms with Gasteiger partial charge in [-0.3, -0.25) is 9.59 Å². The zero-order valence-corrected chi connectivity index (χ0v) is 24.5. The lowest BCUT2D eigenvalue weighted by molar-refractivity contribution is -0.136. The Bertz CT molecular complexity index is 1860. The molecule has 2 unspecified atom stereocenters. The predicted molar refractivity (Wildman–Crippen MR) is 160 cm³/mol. The molecule has 0 aliphatic heterocycles. The molecule has 3 heterocycles. The minimum absolute atomic E-state index is 0.0352. The molecule has 2 aromatic carbocycles. The molecule has 2 atom stereocenters. The normalized spacial score (nSPS) is 13.9. The number of carbonyl (C=O) groups is 2. The fourth-order valence-electron chi connectivity index (χ4n) is 5.60. The summed E-state index contributed by atoms with van der Waals surface area (Å²) in [5, 5.41) is 1.92. The number of H-pyrrole nitrogens is 2. The van der Waals surface area contributed by atoms with Crippen LogP contribution in [0.4, 0.5) is 0 Å². The summed E-state index contributed by atoms with van der Waals surface area (Å²) in [6.45, 7) is 5.00. The summed E-state index contributed by atoms with van der Waals surface area (Å²) in [5.41, 5.74) is 13.6. The van der Waals surface area contributed by atoms with Crippen molar-refractivity contribution < 1.29 is 18.0 Å². The molecule has 0 spiro atoms. The number of sulfonamides is 1. The van der Waals surface area contributed by atoms with Crippen LogP contribution in [0.5, 0.6) is 0 Å². The zero-order chi connectivity index (χ0) is 29.5. The number of rotatable bonds is 11. The lowest BCUT2D eigenvalue weighted by atomic mass is 9.72. The van der Waals surface area contributed by atoms with Gasteiger partial charge in [-0.1, -0.05) is 43.3 Å². The largest absolute Gasteiger partial charge is 0.368 e. The third-order valence-electron chi connectivity index (χ3n) is 7.61. The van der Waals surface area contributed by atoms with Crippen molar-refractivity contribution in [3.05, 3.63) is 82.8 Å². The molecule has 12 heteroatoms. The summed E-state index contributed by atoms with van der Waals surface area (Å²) in [6.07, 6.45) is 4.41. The minimum Gasteiger partial charge on any atom is -0.368 e. The molecule has 2 amide bonds. The van der Waals surface area contributed by atoms with Crippen molar-refractivity contribution in [1.29, 1.82) is 0 Å². The Morgan fingerprint density at radius 3 is 1.98 bits per heavy atom. The second-order valence-corrected chi connectivity index (χ2v) is 13.4. The van der Waals surface area contributed by atoms with Gasteiger partial charge in [0.1, 0.15) is 5.01 Å². The number of nitrogens with zero attached hydrogens (tertiary/aromatic N) is 1. The highest BCUT2D eigenvalue weighted by atomic mass is 32.2. The van der Waals surface area contributed by atoms with E-state index in [-0.39, 0.29) is 21.3 Å². The number of aromatic nitrogens is 3. The van der Waals surface area contributed by atoms with Crippen LogP contribution in [0.2, 0.25) is 0 Å². The van der Waals surface area contributed by atoms with Gasteiger partial charge < -0.3 is 21.4 Å². The van der Waals surface area contributed by atoms with Crippen LogP contribution in [0.3, 0.4) is 0 Å². The number of hydrogen-bond acceptors (Lipinski definition) is 6. The van der Waals surface area contributed by atoms with E-state index < -0.39 is 39.2 Å². The SMILES string of the molecule is Cc1nc(C(C(N)=O)(C(N)=O)C(C)Cc2c[nH]c3ccccc23)sc1S(=O)(=O)NC(C)Cc1c[nH]c2ccccc12. The number of benzene rings is 2. The lowest BCUT2D eigenvalue weighted by Crippen LogP contribution is -2.56. The molecular formula is C29H32N6O4S2. The third kappa shape index (κ3) is 5.03. The van der Waals surface area contributed by atoms with E-state index >= 15 is 0 Å². The van der Waals surface area contributed by atoms with Gasteiger partial charge in [-0.2, -0.15) is 0 Å². The molecule has 7 N–H and O–H groups in total. The molecule has 0 bridgehead atoms. The Labute approximate surface area is 241 Å². The van der Waals surface area contributed by atoms with E-state index in [0.29, 0.717) is 6.42 Å². The van der Waals surface area contributed by atoms with E-state index in [0.717, 1.165) is 44.3 Å². The van der Waals surface area contributed by atoms with Crippen LogP contribution in [0.25, 0.3) is 21.8 Å². The summed E-state index contributed by atoms with van der Waals surface area (Å²) in [5.74, 6) is -2.67. The maximum Gasteiger partial charge on any atom is 0.252 e. The topological polar surface area (TPSA) is 177 Å². The van der Waals surface area contributed by atoms with Gasteiger partial charge in [0.05, 0.1) is 5.69 Å². The van der Waals surface area contributed by atoms with Crippen molar-refractivity contribution in [2.75, 3.05) is 0 Å². The van der Waals surface area contributed by atoms with E-state index in [1.165, 1.54) is 6.92 Å². The van der Waals surface area contributed by atoms with Gasteiger partial charge in [0.15, 0.2) is 9.62 Å². The van der Waals surface area contributed by atoms with Crippen molar-refractivity contribution in [2.24, 2.45) is 17.4 Å². The standard InChI is InChI=1S/C29H32N6O4S2/c1-16(12-19-14-32-23-10-6-4-8-21(19)23)29(26(30)36,27(31)37)28-34-18(3)25(40-28)41(38,39)35-17(2)13-20-15-33-24-11-7-5-9-22(20)24/h4-11,14-17,32-33,35H,12-13H2,1-3H3,(H2,30,36)(H2,31,37). The first-order valence-corrected chi connectivity index (χ1v) is 15.4. The lowest BCUT2D eigenvalue weighted by Gasteiger charge is -2.31. The quantitative estimate of drug-likeness (QED) is 0.147. The van der Waals surface area contributed by atoms with Gasteiger partial charge in [0.25, 0.3) is 10.0 Å². The van der Waals surface area contributed by atoms with Crippen LogP contribution in [-0.2, 0) is 37.9 Å². The van der Waals surface area contributed by atoms with Crippen molar-refractivity contribution in [3.8, 4) is 0 Å². The van der Waals surface area contributed by atoms with Crippen LogP contribution in [0, 0.1) is 12.8 Å². The van der Waals surface area contributed by atoms with Gasteiger partial charge >= 0.3 is 0 Å². The second kappa shape index (κ2) is 10.8. The summed E-state index contributed by atoms with van der Waals surface area (Å²) >= 11 is 0.750. The van der Waals surface area contributed by atoms with Gasteiger partial charge in [-0.05, 0) is 55.9 Å². The Morgan fingerprint density at radius 1 is 0.927 bits per heavy atom. The first kappa shape index (κ1) is 28.5. The fraction of sp³-hybridized carbons (Fsp3) is 0.276. The highest BCUT2D eigenvalue weighted by Gasteiger charge is 2.52. The third-order valence-corrected chi connectivity index (χ3v) is 11.1. The van der Waals surface area contributed by atoms with E-state index in [1.807, 2.05) is 60.9 Å². The van der Waals surface area contributed by atoms with Crippen molar-refractivity contribution in [2.45, 2.75) is 49.3 Å². The number of aromatic amines is 2. The number of para-hydroxylation sites is 2. The van der Waals surface area contributed by atoms with E-state index in [1.54, 1.807) is 13.8 Å². The average Bonchev–Trinajstić information content (AvgIpc) is 3.62. The predicted octanol–water partition coefficient (Wildman–Crippen LogP) is 3.41. The molecule has 214 valence electrons. The monoisotopic (exact) mass is 592 g/mol. The number of carbonyl (C=O) groups excluding carboxylic acids is 2. The highest BCUT2D eigenvalue weighted by molar-refractivity contribution is 7.91. The molecule has 5 rings (SSSR count). The molecule has 0 saturated carbocycles. The van der Waals surface area contributed by atoms with E-state index in [9.17, 15) is 18.0 Å². The molecular weight excluding hydrogens is 560 g/mol. The minimum atomic E-state index is -4.06. The smallest absolute Gasteiger partial charge is 0.252 e. The maximum atomic E-state index is 13.5. The van der Waals surface area contributed by atoms with E-state index in [2.05, 4.69) is 19.7 Å². The summed E-state index contributed by atoms with van der Waals surface area (Å²) in [4.78, 5) is 36.9. The van der Waals surface area contributed by atoms with Crippen LogP contribution in [0.15, 0.2) is 65.1 Å². The first-order chi connectivity index (χ1) is 19.4. The number of primary amides is 2. The van der Waals surface area contributed by atoms with E-state index in [4.69, 9.17) is 11.5 Å². The number of thiazole rings is 1. The average molecular weight is 593 g/mol. The first-order valence-electron chi connectivity index (χ1n) is 13.1. The molecule has 41 heavy (non-hydrogen) atoms. The Kier molecular flexibility index (Phi) is 7.49. The molecule has 3 aromatic heterocycles. The van der Waals surface area contributed by atoms with Crippen molar-refractivity contribution >= 4 is 55.0 Å². The van der Waals surface area contributed by atoms with Crippen LogP contribution < -0.4 is 16.2 Å². The molecule has 0 fully saturated rings. The number of aryl methyl sites for hydroxylation is 1. The summed E-state index contributed by atoms with van der Waals surface area (Å²) in [6, 6.07) is 15.0. The van der Waals surface area contributed by atoms with Crippen LogP contribution >= 0.6 is 11.3 Å². The summed E-state index contributed by atoms with van der Waals surface area (Å²) < 4.78 is 29.7. The number of fused-ring (bicyclic) bond motifs is 2. The van der Waals surface area contributed by atoms with Crippen molar-refractivity contribution in [1.82, 2.24) is 19.7 Å². The summed E-state index contributed by atoms with van der Waals surface area (Å²) in [7, 11) is -4.06. The molecule has 10 nitrogen and oxygen atoms in total. The Hall–Kier alpha value is -4.00. The number of nitrogens with two attached hydrogens (primary N) is 2. The molecule has 0 radical (unpaired) electrons. The molecule has 0 aliphatic rings. The number of hydrogen-bond donors (Lipinski definition) is 5. The van der Waals surface area contributed by atoms with Gasteiger partial charge in [-0.15, -0.1) is 11.3 Å². The maximum absolute atomic E-state index is 13.5. The zero-order valence-electron chi connectivity index (χ0n) is 22.9. The van der Waals surface area contributed by atoms with Crippen LogP contribution in [0.1, 0.15) is 35.7 Å². The van der Waals surface area contributed by atoms with Gasteiger partial charge in [-0.25, -0.2) is 18.1 Å². The van der Waals surface area contributed by atoms with Gasteiger partial charge in [0.2, 0.25) is 11.8 Å². The number of amides is 2. The fourth-order valence-corrected chi connectivity index (χ4v) is 8.69. The molecule has 0 saturated heterocycles. The van der Waals surface area contributed by atoms with Gasteiger partial charge in [0, 0.05) is 40.2 Å². The Balaban J connectivity index is 1.45. The van der Waals surface area contributed by atoms with Crippen LogP contribution in [-0.4, -0.2) is 41.2 Å². The Morgan fingerprint density at radius 2 is 1.44 bits per heavy atom. The molecule has 5 aromatic rings.